The van der Waals surface area contributed by atoms with Gasteiger partial charge in [0.05, 0.1) is 13.2 Å². The van der Waals surface area contributed by atoms with Crippen LogP contribution in [0.25, 0.3) is 0 Å². The summed E-state index contributed by atoms with van der Waals surface area (Å²) < 4.78 is 5.31. The van der Waals surface area contributed by atoms with Crippen molar-refractivity contribution in [1.82, 2.24) is 0 Å². The number of morpholine rings is 1. The lowest BCUT2D eigenvalue weighted by Gasteiger charge is -2.29. The van der Waals surface area contributed by atoms with E-state index >= 15 is 0 Å². The summed E-state index contributed by atoms with van der Waals surface area (Å²) in [6, 6.07) is 8.39. The summed E-state index contributed by atoms with van der Waals surface area (Å²) in [6.45, 7) is 3.60. The van der Waals surface area contributed by atoms with Crippen molar-refractivity contribution >= 4 is 17.3 Å². The number of rotatable bonds is 2. The minimum Gasteiger partial charge on any atom is -0.378 e. The molecule has 2 nitrogen and oxygen atoms in total. The molecule has 1 aromatic rings. The zero-order valence-corrected chi connectivity index (χ0v) is 8.83. The van der Waals surface area contributed by atoms with E-state index in [9.17, 15) is 0 Å². The fraction of sp³-hybridized carbons (Fsp3) is 0.455. The number of nitrogens with zero attached hydrogens (tertiary/aromatic N) is 1. The first-order valence-electron chi connectivity index (χ1n) is 4.88. The highest BCUT2D eigenvalue weighted by atomic mass is 35.5. The Morgan fingerprint density at radius 3 is 2.79 bits per heavy atom. The SMILES string of the molecule is ClCc1cccc(N2CCOCC2)c1. The van der Waals surface area contributed by atoms with E-state index in [1.807, 2.05) is 0 Å². The van der Waals surface area contributed by atoms with Gasteiger partial charge < -0.3 is 9.64 Å². The Balaban J connectivity index is 2.13. The number of hydrogen-bond acceptors (Lipinski definition) is 2. The molecule has 0 aromatic heterocycles. The molecule has 1 heterocycles. The number of hydrogen-bond donors (Lipinski definition) is 0. The van der Waals surface area contributed by atoms with Gasteiger partial charge in [-0.15, -0.1) is 11.6 Å². The monoisotopic (exact) mass is 211 g/mol. The van der Waals surface area contributed by atoms with Crippen molar-refractivity contribution in [1.29, 1.82) is 0 Å². The molecule has 0 bridgehead atoms. The lowest BCUT2D eigenvalue weighted by molar-refractivity contribution is 0.122. The molecular formula is C11H14ClNO. The van der Waals surface area contributed by atoms with Crippen molar-refractivity contribution in [3.05, 3.63) is 29.8 Å². The summed E-state index contributed by atoms with van der Waals surface area (Å²) in [4.78, 5) is 2.33. The van der Waals surface area contributed by atoms with Crippen LogP contribution in [-0.2, 0) is 10.6 Å². The highest BCUT2D eigenvalue weighted by Gasteiger charge is 2.10. The van der Waals surface area contributed by atoms with Crippen LogP contribution >= 0.6 is 11.6 Å². The minimum atomic E-state index is 0.582. The van der Waals surface area contributed by atoms with Crippen molar-refractivity contribution in [3.63, 3.8) is 0 Å². The van der Waals surface area contributed by atoms with E-state index < -0.39 is 0 Å². The Morgan fingerprint density at radius 1 is 1.29 bits per heavy atom. The van der Waals surface area contributed by atoms with Crippen LogP contribution in [0.5, 0.6) is 0 Å². The highest BCUT2D eigenvalue weighted by Crippen LogP contribution is 2.18. The summed E-state index contributed by atoms with van der Waals surface area (Å²) in [6.07, 6.45) is 0. The third kappa shape index (κ3) is 2.20. The average Bonchev–Trinajstić information content (AvgIpc) is 2.30. The van der Waals surface area contributed by atoms with Crippen LogP contribution in [0.4, 0.5) is 5.69 Å². The molecule has 1 aliphatic heterocycles. The normalized spacial score (nSPS) is 17.1. The Bertz CT molecular complexity index is 297. The van der Waals surface area contributed by atoms with Crippen molar-refractivity contribution in [3.8, 4) is 0 Å². The van der Waals surface area contributed by atoms with Crippen LogP contribution in [0.15, 0.2) is 24.3 Å². The molecule has 3 heteroatoms. The first-order valence-corrected chi connectivity index (χ1v) is 5.41. The standard InChI is InChI=1S/C11H14ClNO/c12-9-10-2-1-3-11(8-10)13-4-6-14-7-5-13/h1-3,8H,4-7,9H2. The smallest absolute Gasteiger partial charge is 0.0642 e. The predicted octanol–water partition coefficient (Wildman–Crippen LogP) is 2.26. The molecule has 76 valence electrons. The van der Waals surface area contributed by atoms with Crippen LogP contribution in [0, 0.1) is 0 Å². The molecule has 0 unspecified atom stereocenters. The second-order valence-corrected chi connectivity index (χ2v) is 3.67. The van der Waals surface area contributed by atoms with E-state index in [-0.39, 0.29) is 0 Å². The Morgan fingerprint density at radius 2 is 2.07 bits per heavy atom. The second kappa shape index (κ2) is 4.67. The van der Waals surface area contributed by atoms with Gasteiger partial charge >= 0.3 is 0 Å². The molecule has 0 amide bonds. The van der Waals surface area contributed by atoms with Gasteiger partial charge in [0.2, 0.25) is 0 Å². The largest absolute Gasteiger partial charge is 0.378 e. The van der Waals surface area contributed by atoms with Crippen molar-refractivity contribution < 1.29 is 4.74 Å². The first-order chi connectivity index (χ1) is 6.90. The molecule has 1 saturated heterocycles. The summed E-state index contributed by atoms with van der Waals surface area (Å²) in [5, 5.41) is 0. The molecule has 0 saturated carbocycles. The third-order valence-corrected chi connectivity index (χ3v) is 2.75. The zero-order valence-electron chi connectivity index (χ0n) is 8.08. The van der Waals surface area contributed by atoms with E-state index in [1.54, 1.807) is 0 Å². The van der Waals surface area contributed by atoms with Crippen molar-refractivity contribution in [2.75, 3.05) is 31.2 Å². The van der Waals surface area contributed by atoms with Gasteiger partial charge in [-0.05, 0) is 17.7 Å². The van der Waals surface area contributed by atoms with Gasteiger partial charge in [0.1, 0.15) is 0 Å². The molecule has 0 spiro atoms. The number of halogens is 1. The van der Waals surface area contributed by atoms with Gasteiger partial charge in [0, 0.05) is 24.7 Å². The number of alkyl halides is 1. The Labute approximate surface area is 89.4 Å². The van der Waals surface area contributed by atoms with Gasteiger partial charge in [-0.1, -0.05) is 12.1 Å². The van der Waals surface area contributed by atoms with Crippen LogP contribution in [-0.4, -0.2) is 26.3 Å². The highest BCUT2D eigenvalue weighted by molar-refractivity contribution is 6.17. The Hall–Kier alpha value is -0.730. The quantitative estimate of drug-likeness (QED) is 0.696. The Kier molecular flexibility index (Phi) is 3.27. The van der Waals surface area contributed by atoms with Crippen LogP contribution < -0.4 is 4.90 Å². The number of anilines is 1. The molecule has 1 aromatic carbocycles. The number of ether oxygens (including phenoxy) is 1. The van der Waals surface area contributed by atoms with Gasteiger partial charge in [0.15, 0.2) is 0 Å². The molecule has 0 aliphatic carbocycles. The molecular weight excluding hydrogens is 198 g/mol. The summed E-state index contributed by atoms with van der Waals surface area (Å²) in [7, 11) is 0. The summed E-state index contributed by atoms with van der Waals surface area (Å²) in [5.41, 5.74) is 2.43. The molecule has 0 N–H and O–H groups in total. The van der Waals surface area contributed by atoms with Crippen molar-refractivity contribution in [2.24, 2.45) is 0 Å². The molecule has 1 fully saturated rings. The topological polar surface area (TPSA) is 12.5 Å². The maximum Gasteiger partial charge on any atom is 0.0642 e. The van der Waals surface area contributed by atoms with E-state index in [2.05, 4.69) is 29.2 Å². The first kappa shape index (κ1) is 9.81. The molecule has 0 atom stereocenters. The summed E-state index contributed by atoms with van der Waals surface area (Å²) in [5.74, 6) is 0.582. The molecule has 0 radical (unpaired) electrons. The average molecular weight is 212 g/mol. The predicted molar refractivity (Wildman–Crippen MR) is 59.0 cm³/mol. The van der Waals surface area contributed by atoms with Crippen LogP contribution in [0.1, 0.15) is 5.56 Å². The van der Waals surface area contributed by atoms with E-state index in [4.69, 9.17) is 16.3 Å². The van der Waals surface area contributed by atoms with E-state index in [0.29, 0.717) is 5.88 Å². The van der Waals surface area contributed by atoms with Gasteiger partial charge in [-0.2, -0.15) is 0 Å². The van der Waals surface area contributed by atoms with E-state index in [0.717, 1.165) is 26.3 Å². The maximum atomic E-state index is 5.79. The lowest BCUT2D eigenvalue weighted by Crippen LogP contribution is -2.36. The van der Waals surface area contributed by atoms with Crippen LogP contribution in [0.3, 0.4) is 0 Å². The second-order valence-electron chi connectivity index (χ2n) is 3.40. The van der Waals surface area contributed by atoms with Gasteiger partial charge in [0.25, 0.3) is 0 Å². The molecule has 1 aliphatic rings. The maximum absolute atomic E-state index is 5.79. The van der Waals surface area contributed by atoms with E-state index in [1.165, 1.54) is 11.3 Å². The fourth-order valence-corrected chi connectivity index (χ4v) is 1.82. The summed E-state index contributed by atoms with van der Waals surface area (Å²) >= 11 is 5.79. The minimum absolute atomic E-state index is 0.582. The molecule has 2 rings (SSSR count). The number of benzene rings is 1. The fourth-order valence-electron chi connectivity index (χ4n) is 1.66. The van der Waals surface area contributed by atoms with Crippen LogP contribution in [0.2, 0.25) is 0 Å². The third-order valence-electron chi connectivity index (χ3n) is 2.44. The van der Waals surface area contributed by atoms with Gasteiger partial charge in [-0.25, -0.2) is 0 Å². The van der Waals surface area contributed by atoms with Crippen molar-refractivity contribution in [2.45, 2.75) is 5.88 Å². The lowest BCUT2D eigenvalue weighted by atomic mass is 10.2. The molecule has 14 heavy (non-hydrogen) atoms. The van der Waals surface area contributed by atoms with Gasteiger partial charge in [-0.3, -0.25) is 0 Å². The zero-order chi connectivity index (χ0) is 9.80.